The maximum Gasteiger partial charge on any atom is 0.246 e. The number of aromatic nitrogens is 1. The van der Waals surface area contributed by atoms with Gasteiger partial charge in [0.05, 0.1) is 0 Å². The van der Waals surface area contributed by atoms with Crippen LogP contribution in [0.15, 0.2) is 36.4 Å². The van der Waals surface area contributed by atoms with E-state index in [1.165, 1.54) is 0 Å². The van der Waals surface area contributed by atoms with E-state index in [-0.39, 0.29) is 5.91 Å². The van der Waals surface area contributed by atoms with Crippen molar-refractivity contribution in [2.24, 2.45) is 0 Å². The summed E-state index contributed by atoms with van der Waals surface area (Å²) in [6.45, 7) is 7.87. The summed E-state index contributed by atoms with van der Waals surface area (Å²) in [5, 5.41) is 4.02. The van der Waals surface area contributed by atoms with E-state index in [4.69, 9.17) is 0 Å². The molecule has 0 aliphatic rings. The van der Waals surface area contributed by atoms with Crippen molar-refractivity contribution < 1.29 is 4.79 Å². The van der Waals surface area contributed by atoms with Gasteiger partial charge < -0.3 is 10.3 Å². The van der Waals surface area contributed by atoms with E-state index in [0.717, 1.165) is 22.2 Å². The van der Waals surface area contributed by atoms with Crippen LogP contribution < -0.4 is 5.32 Å². The van der Waals surface area contributed by atoms with Crippen molar-refractivity contribution in [2.45, 2.75) is 20.4 Å². The van der Waals surface area contributed by atoms with Crippen LogP contribution in [0.3, 0.4) is 0 Å². The molecule has 0 bridgehead atoms. The fourth-order valence-electron chi connectivity index (χ4n) is 1.88. The van der Waals surface area contributed by atoms with Gasteiger partial charge in [-0.05, 0) is 25.5 Å². The van der Waals surface area contributed by atoms with Gasteiger partial charge in [0.15, 0.2) is 0 Å². The third-order valence-electron chi connectivity index (χ3n) is 2.84. The van der Waals surface area contributed by atoms with Crippen molar-refractivity contribution in [3.63, 3.8) is 0 Å². The quantitative estimate of drug-likeness (QED) is 0.779. The normalized spacial score (nSPS) is 10.5. The maximum absolute atomic E-state index is 11.5. The second-order valence-corrected chi connectivity index (χ2v) is 4.24. The average Bonchev–Trinajstić information content (AvgIpc) is 2.61. The highest BCUT2D eigenvalue weighted by atomic mass is 16.1. The number of H-pyrrole nitrogens is 1. The van der Waals surface area contributed by atoms with Crippen LogP contribution in [-0.2, 0) is 11.3 Å². The molecule has 2 rings (SSSR count). The number of aromatic amines is 1. The minimum absolute atomic E-state index is 0.102. The Labute approximate surface area is 101 Å². The van der Waals surface area contributed by atoms with Crippen LogP contribution >= 0.6 is 0 Å². The third kappa shape index (κ3) is 2.23. The van der Waals surface area contributed by atoms with Crippen molar-refractivity contribution in [3.8, 4) is 0 Å². The highest BCUT2D eigenvalue weighted by Gasteiger charge is 2.09. The second-order valence-electron chi connectivity index (χ2n) is 4.24. The lowest BCUT2D eigenvalue weighted by atomic mass is 10.1. The Kier molecular flexibility index (Phi) is 3.00. The van der Waals surface area contributed by atoms with Crippen molar-refractivity contribution in [1.82, 2.24) is 10.3 Å². The van der Waals surface area contributed by atoms with Crippen LogP contribution in [0.4, 0.5) is 0 Å². The molecule has 0 atom stereocenters. The standard InChI is InChI=1S/C14H16N2O/c1-9(2)14(17)15-8-12-10(3)16-13-7-5-4-6-11(12)13/h4-7,16H,1,8H2,2-3H3,(H,15,17). The van der Waals surface area contributed by atoms with Crippen LogP contribution in [0.25, 0.3) is 10.9 Å². The fourth-order valence-corrected chi connectivity index (χ4v) is 1.88. The Bertz CT molecular complexity index is 581. The fraction of sp³-hybridized carbons (Fsp3) is 0.214. The zero-order valence-corrected chi connectivity index (χ0v) is 10.1. The van der Waals surface area contributed by atoms with Gasteiger partial charge in [0.25, 0.3) is 0 Å². The first kappa shape index (κ1) is 11.5. The van der Waals surface area contributed by atoms with Gasteiger partial charge in [0.1, 0.15) is 0 Å². The molecule has 88 valence electrons. The molecule has 2 aromatic rings. The second kappa shape index (κ2) is 4.45. The molecule has 1 heterocycles. The molecule has 0 saturated carbocycles. The molecule has 3 heteroatoms. The molecule has 0 radical (unpaired) electrons. The zero-order valence-electron chi connectivity index (χ0n) is 10.1. The lowest BCUT2D eigenvalue weighted by Gasteiger charge is -2.04. The molecule has 0 saturated heterocycles. The summed E-state index contributed by atoms with van der Waals surface area (Å²) in [4.78, 5) is 14.8. The van der Waals surface area contributed by atoms with E-state index in [0.29, 0.717) is 12.1 Å². The molecule has 0 spiro atoms. The number of aryl methyl sites for hydroxylation is 1. The Morgan fingerprint density at radius 1 is 1.41 bits per heavy atom. The molecular formula is C14H16N2O. The van der Waals surface area contributed by atoms with Crippen LogP contribution in [0.5, 0.6) is 0 Å². The molecule has 17 heavy (non-hydrogen) atoms. The monoisotopic (exact) mass is 228 g/mol. The first-order chi connectivity index (χ1) is 8.09. The van der Waals surface area contributed by atoms with Crippen LogP contribution in [0, 0.1) is 6.92 Å². The highest BCUT2D eigenvalue weighted by Crippen LogP contribution is 2.21. The van der Waals surface area contributed by atoms with Gasteiger partial charge in [0, 0.05) is 28.7 Å². The van der Waals surface area contributed by atoms with Crippen molar-refractivity contribution >= 4 is 16.8 Å². The van der Waals surface area contributed by atoms with Gasteiger partial charge in [-0.25, -0.2) is 0 Å². The Morgan fingerprint density at radius 3 is 2.82 bits per heavy atom. The third-order valence-corrected chi connectivity index (χ3v) is 2.84. The number of carbonyl (C=O) groups is 1. The topological polar surface area (TPSA) is 44.9 Å². The van der Waals surface area contributed by atoms with Gasteiger partial charge >= 0.3 is 0 Å². The number of hydrogen-bond donors (Lipinski definition) is 2. The summed E-state index contributed by atoms with van der Waals surface area (Å²) in [5.74, 6) is -0.102. The van der Waals surface area contributed by atoms with Crippen molar-refractivity contribution in [2.75, 3.05) is 0 Å². The molecule has 2 N–H and O–H groups in total. The van der Waals surface area contributed by atoms with Gasteiger partial charge in [-0.1, -0.05) is 24.8 Å². The van der Waals surface area contributed by atoms with Crippen LogP contribution in [0.1, 0.15) is 18.2 Å². The first-order valence-electron chi connectivity index (χ1n) is 5.59. The largest absolute Gasteiger partial charge is 0.358 e. The molecule has 0 unspecified atom stereocenters. The van der Waals surface area contributed by atoms with Gasteiger partial charge in [0.2, 0.25) is 5.91 Å². The van der Waals surface area contributed by atoms with Gasteiger partial charge in [-0.15, -0.1) is 0 Å². The summed E-state index contributed by atoms with van der Waals surface area (Å²) in [5.41, 5.74) is 3.86. The molecule has 0 aliphatic carbocycles. The Balaban J connectivity index is 2.26. The summed E-state index contributed by atoms with van der Waals surface area (Å²) in [6, 6.07) is 8.09. The van der Waals surface area contributed by atoms with E-state index in [9.17, 15) is 4.79 Å². The Morgan fingerprint density at radius 2 is 2.12 bits per heavy atom. The molecule has 3 nitrogen and oxygen atoms in total. The van der Waals surface area contributed by atoms with Gasteiger partial charge in [-0.2, -0.15) is 0 Å². The minimum atomic E-state index is -0.102. The number of rotatable bonds is 3. The maximum atomic E-state index is 11.5. The molecule has 0 fully saturated rings. The predicted molar refractivity (Wildman–Crippen MR) is 69.7 cm³/mol. The molecule has 1 aromatic heterocycles. The molecule has 0 aliphatic heterocycles. The number of hydrogen-bond acceptors (Lipinski definition) is 1. The van der Waals surface area contributed by atoms with E-state index in [1.54, 1.807) is 6.92 Å². The first-order valence-corrected chi connectivity index (χ1v) is 5.59. The number of carbonyl (C=O) groups excluding carboxylic acids is 1. The number of nitrogens with one attached hydrogen (secondary N) is 2. The highest BCUT2D eigenvalue weighted by molar-refractivity contribution is 5.92. The lowest BCUT2D eigenvalue weighted by Crippen LogP contribution is -2.23. The summed E-state index contributed by atoms with van der Waals surface area (Å²) in [6.07, 6.45) is 0. The number of benzene rings is 1. The SMILES string of the molecule is C=C(C)C(=O)NCc1c(C)[nH]c2ccccc12. The summed E-state index contributed by atoms with van der Waals surface area (Å²) >= 11 is 0. The molecule has 1 aromatic carbocycles. The number of para-hydroxylation sites is 1. The number of amides is 1. The molecular weight excluding hydrogens is 212 g/mol. The smallest absolute Gasteiger partial charge is 0.246 e. The van der Waals surface area contributed by atoms with E-state index >= 15 is 0 Å². The van der Waals surface area contributed by atoms with Crippen LogP contribution in [0.2, 0.25) is 0 Å². The van der Waals surface area contributed by atoms with E-state index in [1.807, 2.05) is 25.1 Å². The van der Waals surface area contributed by atoms with Crippen molar-refractivity contribution in [1.29, 1.82) is 0 Å². The molecule has 1 amide bonds. The predicted octanol–water partition coefficient (Wildman–Crippen LogP) is 2.67. The van der Waals surface area contributed by atoms with Crippen molar-refractivity contribution in [3.05, 3.63) is 47.7 Å². The average molecular weight is 228 g/mol. The number of fused-ring (bicyclic) bond motifs is 1. The lowest BCUT2D eigenvalue weighted by molar-refractivity contribution is -0.117. The zero-order chi connectivity index (χ0) is 12.4. The minimum Gasteiger partial charge on any atom is -0.358 e. The van der Waals surface area contributed by atoms with E-state index in [2.05, 4.69) is 22.9 Å². The van der Waals surface area contributed by atoms with Gasteiger partial charge in [-0.3, -0.25) is 4.79 Å². The summed E-state index contributed by atoms with van der Waals surface area (Å²) < 4.78 is 0. The summed E-state index contributed by atoms with van der Waals surface area (Å²) in [7, 11) is 0. The Hall–Kier alpha value is -2.03. The van der Waals surface area contributed by atoms with Crippen LogP contribution in [-0.4, -0.2) is 10.9 Å². The van der Waals surface area contributed by atoms with E-state index < -0.39 is 0 Å².